The second-order valence-electron chi connectivity index (χ2n) is 4.46. The van der Waals surface area contributed by atoms with Crippen molar-refractivity contribution < 1.29 is 14.3 Å². The Hall–Kier alpha value is -1.24. The van der Waals surface area contributed by atoms with Crippen LogP contribution in [0.4, 0.5) is 0 Å². The molecule has 112 valence electrons. The average molecular weight is 370 g/mol. The molecule has 4 nitrogen and oxygen atoms in total. The van der Waals surface area contributed by atoms with E-state index < -0.39 is 0 Å². The van der Waals surface area contributed by atoms with E-state index in [1.54, 1.807) is 23.5 Å². The third-order valence-electron chi connectivity index (χ3n) is 3.05. The number of esters is 1. The van der Waals surface area contributed by atoms with E-state index in [4.69, 9.17) is 4.74 Å². The van der Waals surface area contributed by atoms with Crippen molar-refractivity contribution in [3.05, 3.63) is 49.9 Å². The molecule has 0 aliphatic carbocycles. The minimum absolute atomic E-state index is 0.344. The topological polar surface area (TPSA) is 48.4 Å². The van der Waals surface area contributed by atoms with Crippen molar-refractivity contribution in [3.63, 3.8) is 0 Å². The van der Waals surface area contributed by atoms with Gasteiger partial charge in [0.25, 0.3) is 0 Å². The highest BCUT2D eigenvalue weighted by Gasteiger charge is 2.08. The van der Waals surface area contributed by atoms with E-state index in [2.05, 4.69) is 25.7 Å². The normalized spacial score (nSPS) is 10.6. The Morgan fingerprint density at radius 1 is 1.43 bits per heavy atom. The largest absolute Gasteiger partial charge is 0.465 e. The number of thiazole rings is 1. The molecule has 6 heteroatoms. The van der Waals surface area contributed by atoms with E-state index in [0.717, 1.165) is 22.2 Å². The molecule has 1 aromatic heterocycles. The fourth-order valence-corrected chi connectivity index (χ4v) is 3.08. The van der Waals surface area contributed by atoms with Gasteiger partial charge in [0.1, 0.15) is 0 Å². The Balaban J connectivity index is 1.86. The average Bonchev–Trinajstić information content (AvgIpc) is 2.89. The first-order valence-corrected chi connectivity index (χ1v) is 8.12. The first-order chi connectivity index (χ1) is 10.1. The summed E-state index contributed by atoms with van der Waals surface area (Å²) in [5.41, 5.74) is 4.46. The van der Waals surface area contributed by atoms with Gasteiger partial charge in [-0.3, -0.25) is 0 Å². The number of methoxy groups -OCH3 is 1. The van der Waals surface area contributed by atoms with E-state index in [9.17, 15) is 4.79 Å². The Bertz CT molecular complexity index is 627. The van der Waals surface area contributed by atoms with Crippen LogP contribution in [0.15, 0.2) is 28.2 Å². The molecule has 0 aliphatic rings. The highest BCUT2D eigenvalue weighted by atomic mass is 79.9. The maximum absolute atomic E-state index is 11.4. The summed E-state index contributed by atoms with van der Waals surface area (Å²) < 4.78 is 11.2. The van der Waals surface area contributed by atoms with Gasteiger partial charge in [0.05, 0.1) is 37.1 Å². The molecule has 0 saturated carbocycles. The van der Waals surface area contributed by atoms with Gasteiger partial charge in [-0.1, -0.05) is 22.0 Å². The van der Waals surface area contributed by atoms with E-state index in [0.29, 0.717) is 18.8 Å². The van der Waals surface area contributed by atoms with Crippen molar-refractivity contribution in [1.29, 1.82) is 0 Å². The van der Waals surface area contributed by atoms with Crippen LogP contribution in [-0.4, -0.2) is 24.7 Å². The maximum Gasteiger partial charge on any atom is 0.337 e. The molecule has 2 aromatic rings. The van der Waals surface area contributed by atoms with Crippen molar-refractivity contribution in [3.8, 4) is 0 Å². The SMILES string of the molecule is COC(=O)c1ccc(COCCc2scnc2C)c(Br)c1. The van der Waals surface area contributed by atoms with Crippen LogP contribution in [0.2, 0.25) is 0 Å². The molecule has 0 saturated heterocycles. The number of benzene rings is 1. The van der Waals surface area contributed by atoms with Gasteiger partial charge in [-0.15, -0.1) is 11.3 Å². The van der Waals surface area contributed by atoms with Gasteiger partial charge in [0.2, 0.25) is 0 Å². The molecule has 1 aromatic carbocycles. The molecule has 0 fully saturated rings. The molecule has 0 atom stereocenters. The number of hydrogen-bond donors (Lipinski definition) is 0. The monoisotopic (exact) mass is 369 g/mol. The van der Waals surface area contributed by atoms with Crippen LogP contribution in [0.1, 0.15) is 26.5 Å². The highest BCUT2D eigenvalue weighted by molar-refractivity contribution is 9.10. The molecule has 0 amide bonds. The molecule has 0 radical (unpaired) electrons. The van der Waals surface area contributed by atoms with Crippen LogP contribution in [0, 0.1) is 6.92 Å². The van der Waals surface area contributed by atoms with E-state index in [1.807, 2.05) is 18.5 Å². The van der Waals surface area contributed by atoms with E-state index >= 15 is 0 Å². The number of nitrogens with zero attached hydrogens (tertiary/aromatic N) is 1. The molecule has 0 aliphatic heterocycles. The Labute approximate surface area is 136 Å². The molecular weight excluding hydrogens is 354 g/mol. The molecule has 0 unspecified atom stereocenters. The van der Waals surface area contributed by atoms with Crippen molar-refractivity contribution in [2.24, 2.45) is 0 Å². The summed E-state index contributed by atoms with van der Waals surface area (Å²) >= 11 is 5.11. The lowest BCUT2D eigenvalue weighted by atomic mass is 10.1. The predicted octanol–water partition coefficient (Wildman–Crippen LogP) is 3.76. The molecule has 0 bridgehead atoms. The third kappa shape index (κ3) is 4.36. The number of rotatable bonds is 6. The molecule has 21 heavy (non-hydrogen) atoms. The quantitative estimate of drug-likeness (QED) is 0.574. The first kappa shape index (κ1) is 16.1. The lowest BCUT2D eigenvalue weighted by Crippen LogP contribution is -2.03. The summed E-state index contributed by atoms with van der Waals surface area (Å²) in [5, 5.41) is 0. The number of carbonyl (C=O) groups is 1. The Kier molecular flexibility index (Phi) is 5.90. The number of aryl methyl sites for hydroxylation is 1. The molecule has 0 spiro atoms. The summed E-state index contributed by atoms with van der Waals surface area (Å²) in [6.45, 7) is 3.15. The summed E-state index contributed by atoms with van der Waals surface area (Å²) in [6, 6.07) is 5.36. The predicted molar refractivity (Wildman–Crippen MR) is 85.7 cm³/mol. The summed E-state index contributed by atoms with van der Waals surface area (Å²) in [4.78, 5) is 16.9. The van der Waals surface area contributed by atoms with Gasteiger partial charge >= 0.3 is 5.97 Å². The van der Waals surface area contributed by atoms with Gasteiger partial charge in [-0.2, -0.15) is 0 Å². The number of aromatic nitrogens is 1. The zero-order valence-corrected chi connectivity index (χ0v) is 14.3. The number of hydrogen-bond acceptors (Lipinski definition) is 5. The van der Waals surface area contributed by atoms with Crippen LogP contribution in [0.3, 0.4) is 0 Å². The second kappa shape index (κ2) is 7.68. The van der Waals surface area contributed by atoms with E-state index in [1.165, 1.54) is 12.0 Å². The van der Waals surface area contributed by atoms with Crippen LogP contribution in [-0.2, 0) is 22.5 Å². The van der Waals surface area contributed by atoms with Gasteiger partial charge in [-0.05, 0) is 24.6 Å². The fourth-order valence-electron chi connectivity index (χ4n) is 1.82. The number of carbonyl (C=O) groups excluding carboxylic acids is 1. The van der Waals surface area contributed by atoms with Crippen LogP contribution in [0.5, 0.6) is 0 Å². The number of halogens is 1. The molecule has 0 N–H and O–H groups in total. The second-order valence-corrected chi connectivity index (χ2v) is 6.25. The lowest BCUT2D eigenvalue weighted by Gasteiger charge is -2.07. The maximum atomic E-state index is 11.4. The Morgan fingerprint density at radius 3 is 2.86 bits per heavy atom. The zero-order chi connectivity index (χ0) is 15.2. The summed E-state index contributed by atoms with van der Waals surface area (Å²) in [7, 11) is 1.37. The smallest absolute Gasteiger partial charge is 0.337 e. The standard InChI is InChI=1S/C15H16BrNO3S/c1-10-14(21-9-17-10)5-6-20-8-12-4-3-11(7-13(12)16)15(18)19-2/h3-4,7,9H,5-6,8H2,1-2H3. The van der Waals surface area contributed by atoms with Crippen LogP contribution >= 0.6 is 27.3 Å². The minimum atomic E-state index is -0.344. The van der Waals surface area contributed by atoms with E-state index in [-0.39, 0.29) is 5.97 Å². The van der Waals surface area contributed by atoms with Gasteiger partial charge in [-0.25, -0.2) is 9.78 Å². The van der Waals surface area contributed by atoms with Gasteiger partial charge in [0, 0.05) is 15.8 Å². The highest BCUT2D eigenvalue weighted by Crippen LogP contribution is 2.20. The minimum Gasteiger partial charge on any atom is -0.465 e. The van der Waals surface area contributed by atoms with Crippen LogP contribution in [0.25, 0.3) is 0 Å². The van der Waals surface area contributed by atoms with Crippen molar-refractivity contribution >= 4 is 33.2 Å². The van der Waals surface area contributed by atoms with Gasteiger partial charge in [0.15, 0.2) is 0 Å². The zero-order valence-electron chi connectivity index (χ0n) is 11.9. The molecule has 2 rings (SSSR count). The summed E-state index contributed by atoms with van der Waals surface area (Å²) in [6.07, 6.45) is 0.869. The molecular formula is C15H16BrNO3S. The fraction of sp³-hybridized carbons (Fsp3) is 0.333. The third-order valence-corrected chi connectivity index (χ3v) is 4.78. The number of ether oxygens (including phenoxy) is 2. The summed E-state index contributed by atoms with van der Waals surface area (Å²) in [5.74, 6) is -0.344. The Morgan fingerprint density at radius 2 is 2.24 bits per heavy atom. The first-order valence-electron chi connectivity index (χ1n) is 6.45. The van der Waals surface area contributed by atoms with Crippen molar-refractivity contribution in [1.82, 2.24) is 4.98 Å². The molecule has 1 heterocycles. The van der Waals surface area contributed by atoms with Crippen molar-refractivity contribution in [2.45, 2.75) is 20.0 Å². The lowest BCUT2D eigenvalue weighted by molar-refractivity contribution is 0.0600. The van der Waals surface area contributed by atoms with Crippen molar-refractivity contribution in [2.75, 3.05) is 13.7 Å². The van der Waals surface area contributed by atoms with Crippen LogP contribution < -0.4 is 0 Å². The van der Waals surface area contributed by atoms with Gasteiger partial charge < -0.3 is 9.47 Å².